The SMILES string of the molecule is O=C1NC(CI)CN1Cc1ccccc1. The van der Waals surface area contributed by atoms with E-state index >= 15 is 0 Å². The molecule has 80 valence electrons. The molecule has 1 fully saturated rings. The minimum atomic E-state index is 0.0560. The Morgan fingerprint density at radius 1 is 1.40 bits per heavy atom. The number of rotatable bonds is 3. The first-order valence-electron chi connectivity index (χ1n) is 4.95. The number of nitrogens with zero attached hydrogens (tertiary/aromatic N) is 1. The minimum Gasteiger partial charge on any atom is -0.333 e. The van der Waals surface area contributed by atoms with Gasteiger partial charge in [-0.2, -0.15) is 0 Å². The van der Waals surface area contributed by atoms with Gasteiger partial charge in [0, 0.05) is 17.5 Å². The molecule has 1 heterocycles. The van der Waals surface area contributed by atoms with Gasteiger partial charge >= 0.3 is 6.03 Å². The third-order valence-corrected chi connectivity index (χ3v) is 3.52. The maximum absolute atomic E-state index is 11.6. The molecule has 0 aliphatic carbocycles. The normalized spacial score (nSPS) is 20.5. The summed E-state index contributed by atoms with van der Waals surface area (Å²) in [6, 6.07) is 10.4. The Kier molecular flexibility index (Phi) is 3.45. The van der Waals surface area contributed by atoms with Gasteiger partial charge in [0.15, 0.2) is 0 Å². The van der Waals surface area contributed by atoms with Gasteiger partial charge in [-0.05, 0) is 5.56 Å². The van der Waals surface area contributed by atoms with Gasteiger partial charge in [-0.3, -0.25) is 0 Å². The third kappa shape index (κ3) is 2.62. The lowest BCUT2D eigenvalue weighted by Gasteiger charge is -2.14. The highest BCUT2D eigenvalue weighted by Gasteiger charge is 2.27. The first-order valence-corrected chi connectivity index (χ1v) is 6.47. The van der Waals surface area contributed by atoms with Crippen LogP contribution in [0.1, 0.15) is 5.56 Å². The highest BCUT2D eigenvalue weighted by atomic mass is 127. The van der Waals surface area contributed by atoms with Crippen molar-refractivity contribution in [3.63, 3.8) is 0 Å². The standard InChI is InChI=1S/C11H13IN2O/c12-6-10-8-14(11(15)13-10)7-9-4-2-1-3-5-9/h1-5,10H,6-8H2,(H,13,15). The molecule has 1 saturated heterocycles. The highest BCUT2D eigenvalue weighted by molar-refractivity contribution is 14.1. The quantitative estimate of drug-likeness (QED) is 0.671. The summed E-state index contributed by atoms with van der Waals surface area (Å²) in [6.45, 7) is 1.52. The van der Waals surface area contributed by atoms with Crippen LogP contribution in [0.2, 0.25) is 0 Å². The Morgan fingerprint density at radius 2 is 2.13 bits per heavy atom. The maximum atomic E-state index is 11.6. The van der Waals surface area contributed by atoms with Crippen LogP contribution in [0.3, 0.4) is 0 Å². The maximum Gasteiger partial charge on any atom is 0.318 e. The Labute approximate surface area is 103 Å². The lowest BCUT2D eigenvalue weighted by Crippen LogP contribution is -2.28. The molecule has 1 unspecified atom stereocenters. The topological polar surface area (TPSA) is 32.3 Å². The zero-order chi connectivity index (χ0) is 10.7. The van der Waals surface area contributed by atoms with E-state index in [0.29, 0.717) is 12.6 Å². The van der Waals surface area contributed by atoms with Gasteiger partial charge in [0.25, 0.3) is 0 Å². The number of carbonyl (C=O) groups excluding carboxylic acids is 1. The summed E-state index contributed by atoms with van der Waals surface area (Å²) in [7, 11) is 0. The van der Waals surface area contributed by atoms with Crippen LogP contribution in [0.25, 0.3) is 0 Å². The molecule has 1 atom stereocenters. The molecule has 0 bridgehead atoms. The number of urea groups is 1. The van der Waals surface area contributed by atoms with E-state index in [-0.39, 0.29) is 6.03 Å². The van der Waals surface area contributed by atoms with E-state index < -0.39 is 0 Å². The summed E-state index contributed by atoms with van der Waals surface area (Å²) in [6.07, 6.45) is 0. The number of carbonyl (C=O) groups is 1. The van der Waals surface area contributed by atoms with E-state index in [4.69, 9.17) is 0 Å². The van der Waals surface area contributed by atoms with Gasteiger partial charge in [-0.1, -0.05) is 52.9 Å². The van der Waals surface area contributed by atoms with E-state index in [1.807, 2.05) is 35.2 Å². The first-order chi connectivity index (χ1) is 7.29. The number of halogens is 1. The molecule has 1 aliphatic heterocycles. The molecule has 0 spiro atoms. The molecule has 0 saturated carbocycles. The van der Waals surface area contributed by atoms with Crippen molar-refractivity contribution < 1.29 is 4.79 Å². The minimum absolute atomic E-state index is 0.0560. The van der Waals surface area contributed by atoms with Crippen molar-refractivity contribution in [3.8, 4) is 0 Å². The molecule has 1 aliphatic rings. The van der Waals surface area contributed by atoms with Crippen LogP contribution in [0, 0.1) is 0 Å². The second-order valence-electron chi connectivity index (χ2n) is 3.67. The van der Waals surface area contributed by atoms with Crippen molar-refractivity contribution in [2.45, 2.75) is 12.6 Å². The van der Waals surface area contributed by atoms with E-state index in [0.717, 1.165) is 11.0 Å². The number of benzene rings is 1. The molecular formula is C11H13IN2O. The first kappa shape index (κ1) is 10.7. The third-order valence-electron chi connectivity index (χ3n) is 2.46. The molecule has 1 N–H and O–H groups in total. The molecule has 2 rings (SSSR count). The number of hydrogen-bond acceptors (Lipinski definition) is 1. The van der Waals surface area contributed by atoms with Gasteiger partial charge in [-0.25, -0.2) is 4.79 Å². The summed E-state index contributed by atoms with van der Waals surface area (Å²) in [4.78, 5) is 13.4. The summed E-state index contributed by atoms with van der Waals surface area (Å²) in [5.74, 6) is 0. The lowest BCUT2D eigenvalue weighted by atomic mass is 10.2. The number of nitrogens with one attached hydrogen (secondary N) is 1. The van der Waals surface area contributed by atoms with Gasteiger partial charge in [0.1, 0.15) is 0 Å². The zero-order valence-electron chi connectivity index (χ0n) is 8.32. The summed E-state index contributed by atoms with van der Waals surface area (Å²) in [5, 5.41) is 2.95. The van der Waals surface area contributed by atoms with Crippen LogP contribution in [0.15, 0.2) is 30.3 Å². The van der Waals surface area contributed by atoms with Crippen LogP contribution in [-0.4, -0.2) is 27.9 Å². The molecule has 2 amide bonds. The Hall–Kier alpha value is -0.780. The van der Waals surface area contributed by atoms with Crippen LogP contribution in [0.5, 0.6) is 0 Å². The molecule has 0 radical (unpaired) electrons. The fourth-order valence-corrected chi connectivity index (χ4v) is 2.19. The van der Waals surface area contributed by atoms with Gasteiger partial charge < -0.3 is 10.2 Å². The van der Waals surface area contributed by atoms with Crippen molar-refractivity contribution in [3.05, 3.63) is 35.9 Å². The van der Waals surface area contributed by atoms with Crippen molar-refractivity contribution in [2.24, 2.45) is 0 Å². The van der Waals surface area contributed by atoms with Crippen LogP contribution in [0.4, 0.5) is 4.79 Å². The smallest absolute Gasteiger partial charge is 0.318 e. The molecule has 4 heteroatoms. The van der Waals surface area contributed by atoms with Gasteiger partial charge in [0.2, 0.25) is 0 Å². The van der Waals surface area contributed by atoms with Crippen molar-refractivity contribution in [2.75, 3.05) is 11.0 Å². The molecule has 3 nitrogen and oxygen atoms in total. The number of amides is 2. The molecule has 15 heavy (non-hydrogen) atoms. The number of alkyl halides is 1. The predicted molar refractivity (Wildman–Crippen MR) is 68.1 cm³/mol. The van der Waals surface area contributed by atoms with Gasteiger partial charge in [0.05, 0.1) is 6.04 Å². The molecule has 1 aromatic carbocycles. The fraction of sp³-hybridized carbons (Fsp3) is 0.364. The fourth-order valence-electron chi connectivity index (χ4n) is 1.69. The average molecular weight is 316 g/mol. The van der Waals surface area contributed by atoms with Crippen molar-refractivity contribution in [1.29, 1.82) is 0 Å². The Balaban J connectivity index is 1.99. The Morgan fingerprint density at radius 3 is 2.73 bits per heavy atom. The van der Waals surface area contributed by atoms with E-state index in [1.165, 1.54) is 5.56 Å². The average Bonchev–Trinajstić information content (AvgIpc) is 2.61. The summed E-state index contributed by atoms with van der Waals surface area (Å²) >= 11 is 2.30. The van der Waals surface area contributed by atoms with Crippen LogP contribution < -0.4 is 5.32 Å². The Bertz CT molecular complexity index is 342. The van der Waals surface area contributed by atoms with E-state index in [1.54, 1.807) is 0 Å². The van der Waals surface area contributed by atoms with Crippen LogP contribution >= 0.6 is 22.6 Å². The summed E-state index contributed by atoms with van der Waals surface area (Å²) in [5.41, 5.74) is 1.18. The molecule has 0 aromatic heterocycles. The monoisotopic (exact) mass is 316 g/mol. The van der Waals surface area contributed by atoms with Crippen LogP contribution in [-0.2, 0) is 6.54 Å². The second-order valence-corrected chi connectivity index (χ2v) is 4.55. The van der Waals surface area contributed by atoms with Crippen molar-refractivity contribution >= 4 is 28.6 Å². The van der Waals surface area contributed by atoms with Gasteiger partial charge in [-0.15, -0.1) is 0 Å². The molecule has 1 aromatic rings. The zero-order valence-corrected chi connectivity index (χ0v) is 10.5. The largest absolute Gasteiger partial charge is 0.333 e. The summed E-state index contributed by atoms with van der Waals surface area (Å²) < 4.78 is 0.967. The number of hydrogen-bond donors (Lipinski definition) is 1. The molecular weight excluding hydrogens is 303 g/mol. The second kappa shape index (κ2) is 4.83. The highest BCUT2D eigenvalue weighted by Crippen LogP contribution is 2.11. The lowest BCUT2D eigenvalue weighted by molar-refractivity contribution is 0.215. The van der Waals surface area contributed by atoms with E-state index in [2.05, 4.69) is 27.9 Å². The van der Waals surface area contributed by atoms with Crippen molar-refractivity contribution in [1.82, 2.24) is 10.2 Å². The predicted octanol–water partition coefficient (Wildman–Crippen LogP) is 2.02. The van der Waals surface area contributed by atoms with E-state index in [9.17, 15) is 4.79 Å².